The third-order valence-electron chi connectivity index (χ3n) is 6.19. The molecule has 0 aromatic carbocycles. The number of aromatic nitrogens is 7. The molecule has 6 aromatic heterocycles. The number of nitrogens with one attached hydrogen (secondary N) is 3. The Morgan fingerprint density at radius 2 is 1.70 bits per heavy atom. The van der Waals surface area contributed by atoms with Crippen molar-refractivity contribution in [1.82, 2.24) is 35.1 Å². The van der Waals surface area contributed by atoms with Crippen LogP contribution in [0.5, 0.6) is 0 Å². The van der Waals surface area contributed by atoms with E-state index in [1.54, 1.807) is 24.8 Å². The summed E-state index contributed by atoms with van der Waals surface area (Å²) in [7, 11) is 0. The van der Waals surface area contributed by atoms with Gasteiger partial charge in [-0.15, -0.1) is 0 Å². The van der Waals surface area contributed by atoms with Gasteiger partial charge in [0.15, 0.2) is 0 Å². The molecule has 6 heterocycles. The standard InChI is InChI=1S/C28H24N8O/c1-28(2,3)27(37)33-18-7-17(11-30-12-18)22-9-20-25(15-32-22)35-36-26(20)23-8-19-21(13-31-14-24(19)34-23)16-5-4-6-29-10-16/h4-15,34H,1-3H3,(H,33,37)(H,35,36). The normalized spacial score (nSPS) is 11.8. The second-order valence-corrected chi connectivity index (χ2v) is 9.93. The highest BCUT2D eigenvalue weighted by atomic mass is 16.2. The van der Waals surface area contributed by atoms with Crippen LogP contribution in [0.25, 0.3) is 55.6 Å². The van der Waals surface area contributed by atoms with Gasteiger partial charge in [0.2, 0.25) is 5.91 Å². The second kappa shape index (κ2) is 8.63. The Balaban J connectivity index is 1.40. The molecule has 0 bridgehead atoms. The van der Waals surface area contributed by atoms with Crippen LogP contribution >= 0.6 is 0 Å². The Hall–Kier alpha value is -4.92. The molecule has 0 aliphatic heterocycles. The van der Waals surface area contributed by atoms with Crippen molar-refractivity contribution in [2.24, 2.45) is 5.41 Å². The van der Waals surface area contributed by atoms with Crippen molar-refractivity contribution in [2.45, 2.75) is 20.8 Å². The lowest BCUT2D eigenvalue weighted by molar-refractivity contribution is -0.123. The average Bonchev–Trinajstić information content (AvgIpc) is 3.52. The number of hydrogen-bond acceptors (Lipinski definition) is 6. The number of fused-ring (bicyclic) bond motifs is 2. The van der Waals surface area contributed by atoms with Crippen LogP contribution in [-0.2, 0) is 4.79 Å². The van der Waals surface area contributed by atoms with Gasteiger partial charge in [-0.3, -0.25) is 29.8 Å². The summed E-state index contributed by atoms with van der Waals surface area (Å²) in [5.41, 5.74) is 6.98. The molecule has 0 radical (unpaired) electrons. The average molecular weight is 489 g/mol. The molecular formula is C28H24N8O. The van der Waals surface area contributed by atoms with Crippen LogP contribution in [0, 0.1) is 5.41 Å². The Morgan fingerprint density at radius 3 is 2.51 bits per heavy atom. The number of rotatable bonds is 4. The van der Waals surface area contributed by atoms with Crippen molar-refractivity contribution in [1.29, 1.82) is 0 Å². The zero-order valence-electron chi connectivity index (χ0n) is 20.6. The number of nitrogens with zero attached hydrogens (tertiary/aromatic N) is 5. The Kier molecular flexibility index (Phi) is 5.26. The Morgan fingerprint density at radius 1 is 0.865 bits per heavy atom. The number of carbonyl (C=O) groups excluding carboxylic acids is 1. The van der Waals surface area contributed by atoms with Gasteiger partial charge in [-0.1, -0.05) is 26.8 Å². The molecule has 0 aliphatic rings. The molecule has 0 fully saturated rings. The first-order valence-corrected chi connectivity index (χ1v) is 11.9. The predicted molar refractivity (Wildman–Crippen MR) is 144 cm³/mol. The van der Waals surface area contributed by atoms with E-state index in [1.165, 1.54) is 0 Å². The van der Waals surface area contributed by atoms with E-state index in [0.29, 0.717) is 5.69 Å². The van der Waals surface area contributed by atoms with Gasteiger partial charge in [0, 0.05) is 57.7 Å². The van der Waals surface area contributed by atoms with E-state index in [4.69, 9.17) is 0 Å². The quantitative estimate of drug-likeness (QED) is 0.296. The topological polar surface area (TPSA) is 125 Å². The van der Waals surface area contributed by atoms with E-state index in [1.807, 2.05) is 63.6 Å². The van der Waals surface area contributed by atoms with Gasteiger partial charge < -0.3 is 10.3 Å². The summed E-state index contributed by atoms with van der Waals surface area (Å²) in [5.74, 6) is -0.0778. The predicted octanol–water partition coefficient (Wildman–Crippen LogP) is 5.61. The molecule has 6 rings (SSSR count). The van der Waals surface area contributed by atoms with Crippen LogP contribution in [0.2, 0.25) is 0 Å². The maximum Gasteiger partial charge on any atom is 0.229 e. The summed E-state index contributed by atoms with van der Waals surface area (Å²) >= 11 is 0. The Labute approximate surface area is 212 Å². The first-order chi connectivity index (χ1) is 17.9. The van der Waals surface area contributed by atoms with Gasteiger partial charge in [-0.05, 0) is 24.3 Å². The molecule has 0 unspecified atom stereocenters. The molecular weight excluding hydrogens is 464 g/mol. The summed E-state index contributed by atoms with van der Waals surface area (Å²) < 4.78 is 0. The summed E-state index contributed by atoms with van der Waals surface area (Å²) in [6.07, 6.45) is 12.4. The van der Waals surface area contributed by atoms with Crippen LogP contribution in [0.3, 0.4) is 0 Å². The second-order valence-electron chi connectivity index (χ2n) is 9.93. The van der Waals surface area contributed by atoms with Crippen molar-refractivity contribution in [3.63, 3.8) is 0 Å². The molecule has 9 nitrogen and oxygen atoms in total. The molecule has 0 saturated heterocycles. The number of H-pyrrole nitrogens is 2. The van der Waals surface area contributed by atoms with Crippen molar-refractivity contribution < 1.29 is 4.79 Å². The molecule has 0 spiro atoms. The fourth-order valence-electron chi connectivity index (χ4n) is 4.18. The minimum Gasteiger partial charge on any atom is -0.352 e. The van der Waals surface area contributed by atoms with Crippen molar-refractivity contribution in [2.75, 3.05) is 5.32 Å². The van der Waals surface area contributed by atoms with Gasteiger partial charge in [0.1, 0.15) is 5.69 Å². The molecule has 3 N–H and O–H groups in total. The number of hydrogen-bond donors (Lipinski definition) is 3. The molecule has 6 aromatic rings. The van der Waals surface area contributed by atoms with Crippen molar-refractivity contribution >= 4 is 33.4 Å². The highest BCUT2D eigenvalue weighted by molar-refractivity contribution is 6.01. The molecule has 37 heavy (non-hydrogen) atoms. The van der Waals surface area contributed by atoms with Gasteiger partial charge >= 0.3 is 0 Å². The van der Waals surface area contributed by atoms with Gasteiger partial charge in [0.05, 0.1) is 46.7 Å². The highest BCUT2D eigenvalue weighted by Crippen LogP contribution is 2.34. The van der Waals surface area contributed by atoms with E-state index in [0.717, 1.165) is 55.6 Å². The monoisotopic (exact) mass is 488 g/mol. The number of anilines is 1. The molecule has 0 saturated carbocycles. The molecule has 1 amide bonds. The van der Waals surface area contributed by atoms with E-state index < -0.39 is 5.41 Å². The molecule has 182 valence electrons. The lowest BCUT2D eigenvalue weighted by atomic mass is 9.95. The lowest BCUT2D eigenvalue weighted by Gasteiger charge is -2.17. The third kappa shape index (κ3) is 4.20. The Bertz CT molecular complexity index is 1760. The van der Waals surface area contributed by atoms with Crippen LogP contribution in [0.1, 0.15) is 20.8 Å². The first-order valence-electron chi connectivity index (χ1n) is 11.9. The molecule has 9 heteroatoms. The van der Waals surface area contributed by atoms with Crippen LogP contribution in [0.4, 0.5) is 5.69 Å². The van der Waals surface area contributed by atoms with E-state index >= 15 is 0 Å². The number of aromatic amines is 2. The summed E-state index contributed by atoms with van der Waals surface area (Å²) in [4.78, 5) is 33.5. The fraction of sp³-hybridized carbons (Fsp3) is 0.143. The molecule has 0 aliphatic carbocycles. The third-order valence-corrected chi connectivity index (χ3v) is 6.19. The minimum atomic E-state index is -0.509. The maximum absolute atomic E-state index is 12.4. The SMILES string of the molecule is CC(C)(C)C(=O)Nc1cncc(-c2cc3c(-c4cc5c(-c6cccnc6)cncc5[nH]4)n[nH]c3cn2)c1. The van der Waals surface area contributed by atoms with Crippen LogP contribution in [-0.4, -0.2) is 41.0 Å². The highest BCUT2D eigenvalue weighted by Gasteiger charge is 2.21. The zero-order chi connectivity index (χ0) is 25.6. The van der Waals surface area contributed by atoms with Crippen LogP contribution < -0.4 is 5.32 Å². The first kappa shape index (κ1) is 22.5. The number of carbonyl (C=O) groups is 1. The fourth-order valence-corrected chi connectivity index (χ4v) is 4.18. The lowest BCUT2D eigenvalue weighted by Crippen LogP contribution is -2.27. The van der Waals surface area contributed by atoms with Crippen molar-refractivity contribution in [3.05, 3.63) is 73.7 Å². The van der Waals surface area contributed by atoms with Gasteiger partial charge in [-0.2, -0.15) is 5.10 Å². The van der Waals surface area contributed by atoms with Crippen molar-refractivity contribution in [3.8, 4) is 33.8 Å². The van der Waals surface area contributed by atoms with Crippen LogP contribution in [0.15, 0.2) is 73.7 Å². The van der Waals surface area contributed by atoms with E-state index in [-0.39, 0.29) is 5.91 Å². The largest absolute Gasteiger partial charge is 0.352 e. The van der Waals surface area contributed by atoms with Gasteiger partial charge in [0.25, 0.3) is 0 Å². The zero-order valence-corrected chi connectivity index (χ0v) is 20.6. The van der Waals surface area contributed by atoms with Gasteiger partial charge in [-0.25, -0.2) is 0 Å². The summed E-state index contributed by atoms with van der Waals surface area (Å²) in [6, 6.07) is 9.87. The molecule has 0 atom stereocenters. The number of amides is 1. The van der Waals surface area contributed by atoms with E-state index in [2.05, 4.69) is 46.5 Å². The minimum absolute atomic E-state index is 0.0778. The number of pyridine rings is 4. The maximum atomic E-state index is 12.4. The van der Waals surface area contributed by atoms with E-state index in [9.17, 15) is 4.79 Å². The smallest absolute Gasteiger partial charge is 0.229 e. The summed E-state index contributed by atoms with van der Waals surface area (Å²) in [6.45, 7) is 5.61. The summed E-state index contributed by atoms with van der Waals surface area (Å²) in [5, 5.41) is 12.5.